The Balaban J connectivity index is 3.19. The van der Waals surface area contributed by atoms with Gasteiger partial charge in [0, 0.05) is 17.9 Å². The highest BCUT2D eigenvalue weighted by molar-refractivity contribution is 9.10. The van der Waals surface area contributed by atoms with E-state index < -0.39 is 0 Å². The van der Waals surface area contributed by atoms with Crippen LogP contribution in [-0.4, -0.2) is 4.57 Å². The second-order valence-electron chi connectivity index (χ2n) is 3.96. The molecule has 0 aromatic carbocycles. The van der Waals surface area contributed by atoms with Crippen molar-refractivity contribution in [1.29, 1.82) is 0 Å². The molecule has 0 aliphatic rings. The number of nitrogens with zero attached hydrogens (tertiary/aromatic N) is 1. The number of rotatable bonds is 3. The van der Waals surface area contributed by atoms with Gasteiger partial charge in [-0.3, -0.25) is 4.79 Å². The van der Waals surface area contributed by atoms with E-state index in [0.29, 0.717) is 16.1 Å². The lowest BCUT2D eigenvalue weighted by atomic mass is 10.0. The Hall–Kier alpha value is -0.770. The van der Waals surface area contributed by atoms with Crippen LogP contribution in [0, 0.1) is 5.92 Å². The van der Waals surface area contributed by atoms with Crippen LogP contribution in [0.4, 0.5) is 5.69 Å². The molecule has 4 heteroatoms. The summed E-state index contributed by atoms with van der Waals surface area (Å²) in [7, 11) is 0. The molecule has 0 aliphatic heterocycles. The van der Waals surface area contributed by atoms with E-state index in [-0.39, 0.29) is 11.6 Å². The van der Waals surface area contributed by atoms with Gasteiger partial charge in [-0.25, -0.2) is 0 Å². The first-order valence-corrected chi connectivity index (χ1v) is 5.93. The van der Waals surface area contributed by atoms with Crippen LogP contribution in [0.1, 0.15) is 33.2 Å². The quantitative estimate of drug-likeness (QED) is 0.920. The van der Waals surface area contributed by atoms with Crippen molar-refractivity contribution in [3.63, 3.8) is 0 Å². The van der Waals surface area contributed by atoms with Gasteiger partial charge in [0.25, 0.3) is 5.56 Å². The zero-order valence-corrected chi connectivity index (χ0v) is 10.9. The highest BCUT2D eigenvalue weighted by atomic mass is 79.9. The van der Waals surface area contributed by atoms with Crippen molar-refractivity contribution in [3.05, 3.63) is 27.1 Å². The van der Waals surface area contributed by atoms with Gasteiger partial charge < -0.3 is 10.3 Å². The van der Waals surface area contributed by atoms with Gasteiger partial charge in [-0.05, 0) is 34.8 Å². The van der Waals surface area contributed by atoms with Crippen molar-refractivity contribution < 1.29 is 0 Å². The average molecular weight is 273 g/mol. The molecular formula is C11H17BrN2O. The summed E-state index contributed by atoms with van der Waals surface area (Å²) in [6, 6.07) is 1.81. The van der Waals surface area contributed by atoms with E-state index in [4.69, 9.17) is 5.73 Å². The molecule has 1 rings (SSSR count). The average Bonchev–Trinajstić information content (AvgIpc) is 2.21. The first-order valence-electron chi connectivity index (χ1n) is 5.14. The van der Waals surface area contributed by atoms with Crippen LogP contribution >= 0.6 is 15.9 Å². The van der Waals surface area contributed by atoms with Crippen LogP contribution in [0.3, 0.4) is 0 Å². The summed E-state index contributed by atoms with van der Waals surface area (Å²) in [6.07, 6.45) is 2.75. The van der Waals surface area contributed by atoms with E-state index in [1.807, 2.05) is 6.92 Å². The monoisotopic (exact) mass is 272 g/mol. The maximum absolute atomic E-state index is 11.8. The summed E-state index contributed by atoms with van der Waals surface area (Å²) < 4.78 is 2.23. The first kappa shape index (κ1) is 12.3. The van der Waals surface area contributed by atoms with Gasteiger partial charge in [-0.15, -0.1) is 0 Å². The molecule has 0 radical (unpaired) electrons. The van der Waals surface area contributed by atoms with E-state index in [9.17, 15) is 4.79 Å². The molecule has 2 unspecified atom stereocenters. The highest BCUT2D eigenvalue weighted by Gasteiger charge is 2.14. The smallest absolute Gasteiger partial charge is 0.265 e. The number of hydrogen-bond acceptors (Lipinski definition) is 2. The Morgan fingerprint density at radius 3 is 2.67 bits per heavy atom. The minimum absolute atomic E-state index is 0.0167. The van der Waals surface area contributed by atoms with Gasteiger partial charge in [-0.2, -0.15) is 0 Å². The topological polar surface area (TPSA) is 48.0 Å². The Morgan fingerprint density at radius 2 is 2.13 bits per heavy atom. The van der Waals surface area contributed by atoms with E-state index >= 15 is 0 Å². The lowest BCUT2D eigenvalue weighted by Gasteiger charge is -2.21. The molecule has 84 valence electrons. The lowest BCUT2D eigenvalue weighted by Crippen LogP contribution is -2.27. The SMILES string of the molecule is CCC(C)C(C)n1cc(N)cc(Br)c1=O. The Labute approximate surface area is 98.4 Å². The number of nitrogen functional groups attached to an aromatic ring is 1. The van der Waals surface area contributed by atoms with Crippen LogP contribution in [0.2, 0.25) is 0 Å². The number of halogens is 1. The van der Waals surface area contributed by atoms with Gasteiger partial charge in [0.2, 0.25) is 0 Å². The summed E-state index contributed by atoms with van der Waals surface area (Å²) in [5.41, 5.74) is 6.31. The number of pyridine rings is 1. The summed E-state index contributed by atoms with van der Waals surface area (Å²) >= 11 is 3.22. The third-order valence-corrected chi connectivity index (χ3v) is 3.49. The number of nitrogens with two attached hydrogens (primary N) is 1. The molecule has 2 N–H and O–H groups in total. The predicted octanol–water partition coefficient (Wildman–Crippen LogP) is 2.80. The molecule has 1 aromatic rings. The van der Waals surface area contributed by atoms with E-state index in [1.165, 1.54) is 0 Å². The Bertz CT molecular complexity index is 400. The standard InChI is InChI=1S/C11H17BrN2O/c1-4-7(2)8(3)14-6-9(13)5-10(12)11(14)15/h5-8H,4,13H2,1-3H3. The zero-order valence-electron chi connectivity index (χ0n) is 9.33. The normalized spacial score (nSPS) is 14.9. The van der Waals surface area contributed by atoms with Crippen molar-refractivity contribution in [1.82, 2.24) is 4.57 Å². The maximum Gasteiger partial charge on any atom is 0.265 e. The minimum Gasteiger partial charge on any atom is -0.398 e. The van der Waals surface area contributed by atoms with Crippen molar-refractivity contribution in [2.24, 2.45) is 5.92 Å². The van der Waals surface area contributed by atoms with Crippen LogP contribution in [-0.2, 0) is 0 Å². The second-order valence-corrected chi connectivity index (χ2v) is 4.81. The second kappa shape index (κ2) is 4.84. The first-order chi connectivity index (χ1) is 6.97. The van der Waals surface area contributed by atoms with Crippen molar-refractivity contribution >= 4 is 21.6 Å². The summed E-state index contributed by atoms with van der Waals surface area (Å²) in [5.74, 6) is 0.455. The van der Waals surface area contributed by atoms with Crippen molar-refractivity contribution in [2.75, 3.05) is 5.73 Å². The molecule has 15 heavy (non-hydrogen) atoms. The Morgan fingerprint density at radius 1 is 1.53 bits per heavy atom. The predicted molar refractivity (Wildman–Crippen MR) is 67.0 cm³/mol. The fraction of sp³-hybridized carbons (Fsp3) is 0.545. The minimum atomic E-state index is -0.0167. The molecule has 0 saturated heterocycles. The van der Waals surface area contributed by atoms with Crippen molar-refractivity contribution in [3.8, 4) is 0 Å². The fourth-order valence-electron chi connectivity index (χ4n) is 1.51. The molecule has 0 saturated carbocycles. The van der Waals surface area contributed by atoms with E-state index in [0.717, 1.165) is 6.42 Å². The molecule has 0 fully saturated rings. The zero-order chi connectivity index (χ0) is 11.6. The summed E-state index contributed by atoms with van der Waals surface area (Å²) in [4.78, 5) is 11.8. The van der Waals surface area contributed by atoms with Crippen LogP contribution < -0.4 is 11.3 Å². The van der Waals surface area contributed by atoms with Gasteiger partial charge in [0.1, 0.15) is 0 Å². The third-order valence-electron chi connectivity index (χ3n) is 2.93. The van der Waals surface area contributed by atoms with E-state index in [2.05, 4.69) is 29.8 Å². The van der Waals surface area contributed by atoms with Gasteiger partial charge in [0.15, 0.2) is 0 Å². The van der Waals surface area contributed by atoms with Crippen LogP contribution in [0.5, 0.6) is 0 Å². The fourth-order valence-corrected chi connectivity index (χ4v) is 1.97. The third kappa shape index (κ3) is 2.62. The molecule has 1 heterocycles. The van der Waals surface area contributed by atoms with Crippen LogP contribution in [0.15, 0.2) is 21.5 Å². The molecular weight excluding hydrogens is 256 g/mol. The summed E-state index contributed by atoms with van der Waals surface area (Å²) in [5, 5.41) is 0. The van der Waals surface area contributed by atoms with Gasteiger partial charge in [0.05, 0.1) is 4.47 Å². The molecule has 0 aliphatic carbocycles. The molecule has 3 nitrogen and oxygen atoms in total. The largest absolute Gasteiger partial charge is 0.398 e. The number of anilines is 1. The Kier molecular flexibility index (Phi) is 3.97. The van der Waals surface area contributed by atoms with Crippen LogP contribution in [0.25, 0.3) is 0 Å². The number of hydrogen-bond donors (Lipinski definition) is 1. The summed E-state index contributed by atoms with van der Waals surface area (Å²) in [6.45, 7) is 6.29. The van der Waals surface area contributed by atoms with Gasteiger partial charge >= 0.3 is 0 Å². The highest BCUT2D eigenvalue weighted by Crippen LogP contribution is 2.20. The van der Waals surface area contributed by atoms with E-state index in [1.54, 1.807) is 16.8 Å². The molecule has 2 atom stereocenters. The molecule has 0 amide bonds. The molecule has 0 bridgehead atoms. The number of aromatic nitrogens is 1. The lowest BCUT2D eigenvalue weighted by molar-refractivity contribution is 0.362. The molecule has 0 spiro atoms. The van der Waals surface area contributed by atoms with Gasteiger partial charge in [-0.1, -0.05) is 20.3 Å². The maximum atomic E-state index is 11.8. The molecule has 1 aromatic heterocycles. The van der Waals surface area contributed by atoms with Crippen molar-refractivity contribution in [2.45, 2.75) is 33.2 Å².